The van der Waals surface area contributed by atoms with Gasteiger partial charge < -0.3 is 15.4 Å². The van der Waals surface area contributed by atoms with Gasteiger partial charge in [0.25, 0.3) is 0 Å². The summed E-state index contributed by atoms with van der Waals surface area (Å²) in [5.41, 5.74) is 2.79. The van der Waals surface area contributed by atoms with E-state index >= 15 is 0 Å². The first-order valence-electron chi connectivity index (χ1n) is 7.88. The summed E-state index contributed by atoms with van der Waals surface area (Å²) in [6.07, 6.45) is 0. The topological polar surface area (TPSA) is 59.1 Å². The number of anilines is 3. The molecule has 25 heavy (non-hydrogen) atoms. The minimum Gasteiger partial charge on any atom is -0.497 e. The molecule has 0 aliphatic carbocycles. The van der Waals surface area contributed by atoms with Crippen molar-refractivity contribution in [2.45, 2.75) is 13.5 Å². The lowest BCUT2D eigenvalue weighted by Gasteiger charge is -2.11. The Kier molecular flexibility index (Phi) is 5.36. The molecule has 128 valence electrons. The summed E-state index contributed by atoms with van der Waals surface area (Å²) in [6.45, 7) is 2.55. The molecule has 0 bridgehead atoms. The first kappa shape index (κ1) is 17.0. The van der Waals surface area contributed by atoms with E-state index in [1.807, 2.05) is 61.5 Å². The highest BCUT2D eigenvalue weighted by atomic mass is 35.5. The van der Waals surface area contributed by atoms with Gasteiger partial charge in [-0.05, 0) is 36.8 Å². The van der Waals surface area contributed by atoms with E-state index in [4.69, 9.17) is 16.3 Å². The molecule has 0 fully saturated rings. The van der Waals surface area contributed by atoms with Crippen molar-refractivity contribution in [2.24, 2.45) is 0 Å². The third-order valence-corrected chi connectivity index (χ3v) is 3.93. The molecule has 2 N–H and O–H groups in total. The van der Waals surface area contributed by atoms with Crippen LogP contribution in [-0.2, 0) is 6.54 Å². The van der Waals surface area contributed by atoms with Crippen molar-refractivity contribution < 1.29 is 4.74 Å². The zero-order valence-electron chi connectivity index (χ0n) is 14.1. The molecule has 5 nitrogen and oxygen atoms in total. The second kappa shape index (κ2) is 7.85. The molecule has 3 rings (SSSR count). The Morgan fingerprint density at radius 1 is 1.04 bits per heavy atom. The lowest BCUT2D eigenvalue weighted by atomic mass is 10.2. The molecule has 0 aliphatic heterocycles. The second-order valence-electron chi connectivity index (χ2n) is 5.52. The summed E-state index contributed by atoms with van der Waals surface area (Å²) in [7, 11) is 1.65. The van der Waals surface area contributed by atoms with Gasteiger partial charge in [0.05, 0.1) is 17.8 Å². The van der Waals surface area contributed by atoms with Gasteiger partial charge >= 0.3 is 0 Å². The third-order valence-electron chi connectivity index (χ3n) is 3.60. The van der Waals surface area contributed by atoms with Crippen LogP contribution in [0.3, 0.4) is 0 Å². The number of halogens is 1. The summed E-state index contributed by atoms with van der Waals surface area (Å²) in [4.78, 5) is 8.93. The largest absolute Gasteiger partial charge is 0.497 e. The molecule has 0 unspecified atom stereocenters. The molecule has 1 aromatic heterocycles. The molecule has 3 aromatic rings. The van der Waals surface area contributed by atoms with Gasteiger partial charge in [-0.25, -0.2) is 4.98 Å². The van der Waals surface area contributed by atoms with Crippen LogP contribution in [0.4, 0.5) is 17.5 Å². The fourth-order valence-corrected chi connectivity index (χ4v) is 2.52. The van der Waals surface area contributed by atoms with E-state index in [1.165, 1.54) is 0 Å². The summed E-state index contributed by atoms with van der Waals surface area (Å²) < 4.78 is 5.17. The molecule has 0 saturated heterocycles. The Labute approximate surface area is 152 Å². The van der Waals surface area contributed by atoms with Crippen molar-refractivity contribution in [3.63, 3.8) is 0 Å². The van der Waals surface area contributed by atoms with E-state index in [-0.39, 0.29) is 0 Å². The second-order valence-corrected chi connectivity index (χ2v) is 5.93. The lowest BCUT2D eigenvalue weighted by molar-refractivity contribution is 0.414. The Morgan fingerprint density at radius 2 is 1.80 bits per heavy atom. The van der Waals surface area contributed by atoms with Crippen molar-refractivity contribution in [1.82, 2.24) is 9.97 Å². The number of rotatable bonds is 6. The minimum atomic E-state index is 0.561. The molecular weight excluding hydrogens is 336 g/mol. The smallest absolute Gasteiger partial charge is 0.225 e. The number of hydrogen-bond acceptors (Lipinski definition) is 5. The molecule has 6 heteroatoms. The van der Waals surface area contributed by atoms with Crippen LogP contribution in [0.1, 0.15) is 11.3 Å². The molecule has 0 radical (unpaired) electrons. The maximum absolute atomic E-state index is 6.19. The highest BCUT2D eigenvalue weighted by Gasteiger charge is 2.05. The van der Waals surface area contributed by atoms with Crippen LogP contribution in [0.2, 0.25) is 5.02 Å². The van der Waals surface area contributed by atoms with E-state index in [0.717, 1.165) is 22.7 Å². The molecule has 0 amide bonds. The summed E-state index contributed by atoms with van der Waals surface area (Å²) in [5, 5.41) is 7.12. The molecule has 0 aliphatic rings. The number of ether oxygens (including phenoxy) is 1. The number of nitrogens with one attached hydrogen (secondary N) is 2. The first-order chi connectivity index (χ1) is 12.1. The molecule has 0 atom stereocenters. The number of aryl methyl sites for hydroxylation is 1. The van der Waals surface area contributed by atoms with Crippen LogP contribution < -0.4 is 15.4 Å². The van der Waals surface area contributed by atoms with Gasteiger partial charge in [-0.2, -0.15) is 4.98 Å². The molecule has 1 heterocycles. The maximum Gasteiger partial charge on any atom is 0.225 e. The number of methoxy groups -OCH3 is 1. The standard InChI is InChI=1S/C19H19ClN4O/c1-13-11-18(23-17-6-4-3-5-16(17)20)24-19(22-13)21-12-14-7-9-15(25-2)10-8-14/h3-11H,12H2,1-2H3,(H2,21,22,23,24). The number of hydrogen-bond donors (Lipinski definition) is 2. The predicted molar refractivity (Wildman–Crippen MR) is 102 cm³/mol. The van der Waals surface area contributed by atoms with Gasteiger partial charge in [0.15, 0.2) is 0 Å². The van der Waals surface area contributed by atoms with Gasteiger partial charge in [0.1, 0.15) is 11.6 Å². The highest BCUT2D eigenvalue weighted by molar-refractivity contribution is 6.33. The van der Waals surface area contributed by atoms with Gasteiger partial charge in [-0.1, -0.05) is 35.9 Å². The molecule has 0 saturated carbocycles. The number of nitrogens with zero attached hydrogens (tertiary/aromatic N) is 2. The fourth-order valence-electron chi connectivity index (χ4n) is 2.34. The first-order valence-corrected chi connectivity index (χ1v) is 8.26. The van der Waals surface area contributed by atoms with Crippen molar-refractivity contribution in [1.29, 1.82) is 0 Å². The van der Waals surface area contributed by atoms with Crippen molar-refractivity contribution in [3.05, 3.63) is 70.9 Å². The van der Waals surface area contributed by atoms with E-state index in [9.17, 15) is 0 Å². The van der Waals surface area contributed by atoms with Gasteiger partial charge in [-0.3, -0.25) is 0 Å². The number of para-hydroxylation sites is 1. The Bertz CT molecular complexity index is 852. The zero-order valence-corrected chi connectivity index (χ0v) is 14.8. The van der Waals surface area contributed by atoms with E-state index < -0.39 is 0 Å². The SMILES string of the molecule is COc1ccc(CNc2nc(C)cc(Nc3ccccc3Cl)n2)cc1. The molecule has 2 aromatic carbocycles. The summed E-state index contributed by atoms with van der Waals surface area (Å²) in [5.74, 6) is 2.09. The Balaban J connectivity index is 1.71. The lowest BCUT2D eigenvalue weighted by Crippen LogP contribution is -2.06. The average molecular weight is 355 g/mol. The van der Waals surface area contributed by atoms with E-state index in [1.54, 1.807) is 7.11 Å². The molecular formula is C19H19ClN4O. The summed E-state index contributed by atoms with van der Waals surface area (Å²) >= 11 is 6.19. The quantitative estimate of drug-likeness (QED) is 0.665. The van der Waals surface area contributed by atoms with Crippen LogP contribution in [-0.4, -0.2) is 17.1 Å². The van der Waals surface area contributed by atoms with Gasteiger partial charge in [0.2, 0.25) is 5.95 Å². The predicted octanol–water partition coefficient (Wildman–Crippen LogP) is 4.80. The average Bonchev–Trinajstić information content (AvgIpc) is 2.62. The van der Waals surface area contributed by atoms with Gasteiger partial charge in [0, 0.05) is 18.3 Å². The maximum atomic E-state index is 6.19. The Morgan fingerprint density at radius 3 is 2.52 bits per heavy atom. The molecule has 0 spiro atoms. The monoisotopic (exact) mass is 354 g/mol. The van der Waals surface area contributed by atoms with Crippen molar-refractivity contribution in [2.75, 3.05) is 17.7 Å². The van der Waals surface area contributed by atoms with E-state index in [2.05, 4.69) is 20.6 Å². The Hall–Kier alpha value is -2.79. The van der Waals surface area contributed by atoms with Crippen LogP contribution in [0.15, 0.2) is 54.6 Å². The fraction of sp³-hybridized carbons (Fsp3) is 0.158. The third kappa shape index (κ3) is 4.61. The van der Waals surface area contributed by atoms with E-state index in [0.29, 0.717) is 23.3 Å². The van der Waals surface area contributed by atoms with Crippen LogP contribution in [0.25, 0.3) is 0 Å². The van der Waals surface area contributed by atoms with Crippen LogP contribution >= 0.6 is 11.6 Å². The van der Waals surface area contributed by atoms with Crippen molar-refractivity contribution >= 4 is 29.1 Å². The normalized spacial score (nSPS) is 10.4. The van der Waals surface area contributed by atoms with Crippen molar-refractivity contribution in [3.8, 4) is 5.75 Å². The highest BCUT2D eigenvalue weighted by Crippen LogP contribution is 2.24. The number of aromatic nitrogens is 2. The minimum absolute atomic E-state index is 0.561. The van der Waals surface area contributed by atoms with Crippen LogP contribution in [0.5, 0.6) is 5.75 Å². The number of benzene rings is 2. The summed E-state index contributed by atoms with van der Waals surface area (Å²) in [6, 6.07) is 17.3. The van der Waals surface area contributed by atoms with Gasteiger partial charge in [-0.15, -0.1) is 0 Å². The zero-order chi connectivity index (χ0) is 17.6. The van der Waals surface area contributed by atoms with Crippen LogP contribution in [0, 0.1) is 6.92 Å².